The maximum atomic E-state index is 5.85. The molecule has 0 aliphatic carbocycles. The Balaban J connectivity index is 2.75. The van der Waals surface area contributed by atoms with E-state index >= 15 is 0 Å². The van der Waals surface area contributed by atoms with E-state index in [1.807, 2.05) is 4.68 Å². The minimum atomic E-state index is 0.283. The van der Waals surface area contributed by atoms with Gasteiger partial charge in [-0.25, -0.2) is 4.68 Å². The van der Waals surface area contributed by atoms with E-state index in [4.69, 9.17) is 5.73 Å². The van der Waals surface area contributed by atoms with Gasteiger partial charge in [-0.05, 0) is 27.3 Å². The van der Waals surface area contributed by atoms with Crippen LogP contribution in [0.15, 0.2) is 10.7 Å². The molecule has 0 amide bonds. The Labute approximate surface area is 93.8 Å². The van der Waals surface area contributed by atoms with Crippen molar-refractivity contribution in [1.82, 2.24) is 9.78 Å². The summed E-state index contributed by atoms with van der Waals surface area (Å²) < 4.78 is 2.72. The first-order valence-corrected chi connectivity index (χ1v) is 5.58. The zero-order valence-electron chi connectivity index (χ0n) is 9.21. The van der Waals surface area contributed by atoms with Gasteiger partial charge in [-0.2, -0.15) is 5.10 Å². The van der Waals surface area contributed by atoms with Crippen molar-refractivity contribution in [3.8, 4) is 0 Å². The van der Waals surface area contributed by atoms with Crippen LogP contribution < -0.4 is 5.73 Å². The van der Waals surface area contributed by atoms with Crippen LogP contribution in [0.25, 0.3) is 0 Å². The topological polar surface area (TPSA) is 43.8 Å². The predicted octanol–water partition coefficient (Wildman–Crippen LogP) is 2.91. The lowest BCUT2D eigenvalue weighted by molar-refractivity contribution is 0.227. The number of nitrogens with two attached hydrogens (primary N) is 1. The van der Waals surface area contributed by atoms with Crippen molar-refractivity contribution < 1.29 is 0 Å². The lowest BCUT2D eigenvalue weighted by Crippen LogP contribution is -2.23. The van der Waals surface area contributed by atoms with Crippen molar-refractivity contribution in [3.05, 3.63) is 10.7 Å². The largest absolute Gasteiger partial charge is 0.383 e. The molecule has 0 aliphatic heterocycles. The molecule has 14 heavy (non-hydrogen) atoms. The maximum Gasteiger partial charge on any atom is 0.136 e. The standard InChI is InChI=1S/C10H18BrN3/c1-7(10(2,3)4)6-14-9(12)8(11)5-13-14/h5,7H,6,12H2,1-4H3. The number of nitrogen functional groups attached to an aromatic ring is 1. The van der Waals surface area contributed by atoms with Gasteiger partial charge in [0.25, 0.3) is 0 Å². The molecule has 2 N–H and O–H groups in total. The second kappa shape index (κ2) is 3.93. The fourth-order valence-corrected chi connectivity index (χ4v) is 1.35. The van der Waals surface area contributed by atoms with E-state index in [1.54, 1.807) is 6.20 Å². The Bertz CT molecular complexity index is 312. The normalized spacial score (nSPS) is 14.4. The Hall–Kier alpha value is -0.510. The van der Waals surface area contributed by atoms with E-state index in [2.05, 4.69) is 48.7 Å². The number of anilines is 1. The predicted molar refractivity (Wildman–Crippen MR) is 63.0 cm³/mol. The number of hydrogen-bond acceptors (Lipinski definition) is 2. The van der Waals surface area contributed by atoms with E-state index in [0.717, 1.165) is 11.0 Å². The molecule has 0 saturated heterocycles. The minimum absolute atomic E-state index is 0.283. The Kier molecular flexibility index (Phi) is 3.24. The molecule has 4 heteroatoms. The molecule has 0 aliphatic rings. The number of hydrogen-bond donors (Lipinski definition) is 1. The molecule has 0 bridgehead atoms. The molecule has 3 nitrogen and oxygen atoms in total. The second-order valence-corrected chi connectivity index (χ2v) is 5.68. The minimum Gasteiger partial charge on any atom is -0.383 e. The molecular weight excluding hydrogens is 242 g/mol. The van der Waals surface area contributed by atoms with Crippen LogP contribution in [0, 0.1) is 11.3 Å². The molecule has 1 heterocycles. The number of halogens is 1. The third-order valence-corrected chi connectivity index (χ3v) is 3.37. The van der Waals surface area contributed by atoms with Crippen molar-refractivity contribution >= 4 is 21.7 Å². The van der Waals surface area contributed by atoms with Gasteiger partial charge in [0.15, 0.2) is 0 Å². The van der Waals surface area contributed by atoms with Crippen LogP contribution in [0.4, 0.5) is 5.82 Å². The van der Waals surface area contributed by atoms with E-state index in [0.29, 0.717) is 11.7 Å². The summed E-state index contributed by atoms with van der Waals surface area (Å²) in [7, 11) is 0. The molecule has 1 unspecified atom stereocenters. The molecule has 80 valence electrons. The van der Waals surface area contributed by atoms with Crippen molar-refractivity contribution in [1.29, 1.82) is 0 Å². The number of aromatic nitrogens is 2. The first-order chi connectivity index (χ1) is 6.32. The van der Waals surface area contributed by atoms with Crippen LogP contribution in [0.5, 0.6) is 0 Å². The highest BCUT2D eigenvalue weighted by atomic mass is 79.9. The summed E-state index contributed by atoms with van der Waals surface area (Å²) in [6.45, 7) is 9.77. The molecule has 0 spiro atoms. The highest BCUT2D eigenvalue weighted by molar-refractivity contribution is 9.10. The van der Waals surface area contributed by atoms with Gasteiger partial charge in [-0.3, -0.25) is 0 Å². The van der Waals surface area contributed by atoms with Crippen LogP contribution in [0.3, 0.4) is 0 Å². The lowest BCUT2D eigenvalue weighted by atomic mass is 9.82. The van der Waals surface area contributed by atoms with Crippen LogP contribution in [-0.4, -0.2) is 9.78 Å². The summed E-state index contributed by atoms with van der Waals surface area (Å²) in [6, 6.07) is 0. The van der Waals surface area contributed by atoms with Crippen LogP contribution in [0.1, 0.15) is 27.7 Å². The third kappa shape index (κ3) is 2.50. The monoisotopic (exact) mass is 259 g/mol. The molecule has 0 fully saturated rings. The summed E-state index contributed by atoms with van der Waals surface area (Å²) in [5, 5.41) is 4.21. The quantitative estimate of drug-likeness (QED) is 0.888. The zero-order chi connectivity index (χ0) is 10.9. The summed E-state index contributed by atoms with van der Waals surface area (Å²) in [4.78, 5) is 0. The molecular formula is C10H18BrN3. The average molecular weight is 260 g/mol. The average Bonchev–Trinajstić information content (AvgIpc) is 2.34. The van der Waals surface area contributed by atoms with Gasteiger partial charge in [0, 0.05) is 6.54 Å². The van der Waals surface area contributed by atoms with E-state index in [9.17, 15) is 0 Å². The molecule has 1 atom stereocenters. The SMILES string of the molecule is CC(Cn1ncc(Br)c1N)C(C)(C)C. The summed E-state index contributed by atoms with van der Waals surface area (Å²) in [5.41, 5.74) is 6.13. The maximum absolute atomic E-state index is 5.85. The van der Waals surface area contributed by atoms with Crippen LogP contribution in [-0.2, 0) is 6.54 Å². The van der Waals surface area contributed by atoms with E-state index in [1.165, 1.54) is 0 Å². The Morgan fingerprint density at radius 1 is 1.57 bits per heavy atom. The summed E-state index contributed by atoms with van der Waals surface area (Å²) >= 11 is 3.35. The Morgan fingerprint density at radius 2 is 2.14 bits per heavy atom. The highest BCUT2D eigenvalue weighted by Crippen LogP contribution is 2.28. The van der Waals surface area contributed by atoms with Gasteiger partial charge < -0.3 is 5.73 Å². The second-order valence-electron chi connectivity index (χ2n) is 4.83. The van der Waals surface area contributed by atoms with Crippen molar-refractivity contribution in [3.63, 3.8) is 0 Å². The smallest absolute Gasteiger partial charge is 0.136 e. The van der Waals surface area contributed by atoms with E-state index in [-0.39, 0.29) is 5.41 Å². The van der Waals surface area contributed by atoms with Gasteiger partial charge in [0.2, 0.25) is 0 Å². The molecule has 0 aromatic carbocycles. The van der Waals surface area contributed by atoms with Gasteiger partial charge in [0.1, 0.15) is 5.82 Å². The Morgan fingerprint density at radius 3 is 2.50 bits per heavy atom. The van der Waals surface area contributed by atoms with E-state index < -0.39 is 0 Å². The number of nitrogens with zero attached hydrogens (tertiary/aromatic N) is 2. The fourth-order valence-electron chi connectivity index (χ4n) is 1.05. The van der Waals surface area contributed by atoms with Gasteiger partial charge >= 0.3 is 0 Å². The highest BCUT2D eigenvalue weighted by Gasteiger charge is 2.21. The molecule has 1 aromatic heterocycles. The summed E-state index contributed by atoms with van der Waals surface area (Å²) in [5.74, 6) is 1.25. The van der Waals surface area contributed by atoms with Gasteiger partial charge in [-0.1, -0.05) is 27.7 Å². The summed E-state index contributed by atoms with van der Waals surface area (Å²) in [6.07, 6.45) is 1.74. The molecule has 0 radical (unpaired) electrons. The van der Waals surface area contributed by atoms with Crippen molar-refractivity contribution in [2.75, 3.05) is 5.73 Å². The van der Waals surface area contributed by atoms with Gasteiger partial charge in [-0.15, -0.1) is 0 Å². The third-order valence-electron chi connectivity index (χ3n) is 2.76. The first kappa shape index (κ1) is 11.6. The molecule has 1 rings (SSSR count). The number of rotatable bonds is 2. The first-order valence-electron chi connectivity index (χ1n) is 4.79. The zero-order valence-corrected chi connectivity index (χ0v) is 10.8. The van der Waals surface area contributed by atoms with Crippen molar-refractivity contribution in [2.45, 2.75) is 34.2 Å². The van der Waals surface area contributed by atoms with Crippen molar-refractivity contribution in [2.24, 2.45) is 11.3 Å². The lowest BCUT2D eigenvalue weighted by Gasteiger charge is -2.27. The van der Waals surface area contributed by atoms with Crippen LogP contribution >= 0.6 is 15.9 Å². The molecule has 0 saturated carbocycles. The molecule has 1 aromatic rings. The van der Waals surface area contributed by atoms with Crippen LogP contribution in [0.2, 0.25) is 0 Å². The fraction of sp³-hybridized carbons (Fsp3) is 0.700. The van der Waals surface area contributed by atoms with Gasteiger partial charge in [0.05, 0.1) is 10.7 Å².